The van der Waals surface area contributed by atoms with Crippen molar-refractivity contribution in [1.29, 1.82) is 0 Å². The van der Waals surface area contributed by atoms with Crippen LogP contribution in [0.5, 0.6) is 5.75 Å². The highest BCUT2D eigenvalue weighted by molar-refractivity contribution is 9.11. The molecule has 8 heteroatoms. The summed E-state index contributed by atoms with van der Waals surface area (Å²) >= 11 is 6.75. The van der Waals surface area contributed by atoms with Gasteiger partial charge in [-0.1, -0.05) is 59.6 Å². The van der Waals surface area contributed by atoms with Gasteiger partial charge in [0.2, 0.25) is 0 Å². The summed E-state index contributed by atoms with van der Waals surface area (Å²) in [5, 5.41) is 0. The summed E-state index contributed by atoms with van der Waals surface area (Å²) in [6, 6.07) is 20.2. The van der Waals surface area contributed by atoms with Gasteiger partial charge < -0.3 is 4.74 Å². The molecule has 5 nitrogen and oxygen atoms in total. The van der Waals surface area contributed by atoms with Crippen LogP contribution < -0.4 is 9.04 Å². The molecular formula is C24H23Br2NO4S. The maximum absolute atomic E-state index is 13.4. The van der Waals surface area contributed by atoms with Crippen LogP contribution in [0.25, 0.3) is 0 Å². The largest absolute Gasteiger partial charge is 0.483 e. The Kier molecular flexibility index (Phi) is 8.51. The van der Waals surface area contributed by atoms with Gasteiger partial charge in [0.05, 0.1) is 15.1 Å². The van der Waals surface area contributed by atoms with Gasteiger partial charge in [-0.2, -0.15) is 4.31 Å². The molecule has 0 aliphatic carbocycles. The molecule has 0 fully saturated rings. The molecule has 3 rings (SSSR count). The van der Waals surface area contributed by atoms with Crippen molar-refractivity contribution < 1.29 is 17.9 Å². The molecule has 0 atom stereocenters. The minimum absolute atomic E-state index is 0.0354. The summed E-state index contributed by atoms with van der Waals surface area (Å²) in [7, 11) is -4.12. The Morgan fingerprint density at radius 2 is 1.66 bits per heavy atom. The minimum Gasteiger partial charge on any atom is -0.483 e. The minimum atomic E-state index is -4.12. The Morgan fingerprint density at radius 1 is 0.969 bits per heavy atom. The maximum atomic E-state index is 13.4. The van der Waals surface area contributed by atoms with E-state index in [0.717, 1.165) is 33.6 Å². The van der Waals surface area contributed by atoms with Crippen molar-refractivity contribution in [2.24, 2.45) is 0 Å². The predicted molar refractivity (Wildman–Crippen MR) is 134 cm³/mol. The Bertz CT molecular complexity index is 1170. The quantitative estimate of drug-likeness (QED) is 0.295. The molecule has 0 unspecified atom stereocenters. The number of unbranched alkanes of at least 4 members (excludes halogenated alkanes) is 1. The van der Waals surface area contributed by atoms with Crippen LogP contribution in [0.4, 0.5) is 5.69 Å². The maximum Gasteiger partial charge on any atom is 0.278 e. The van der Waals surface area contributed by atoms with Crippen LogP contribution in [0.2, 0.25) is 0 Å². The Balaban J connectivity index is 1.92. The van der Waals surface area contributed by atoms with E-state index in [0.29, 0.717) is 10.2 Å². The van der Waals surface area contributed by atoms with Crippen molar-refractivity contribution in [3.05, 3.63) is 87.3 Å². The van der Waals surface area contributed by atoms with Gasteiger partial charge in [-0.15, -0.1) is 0 Å². The molecule has 0 aromatic heterocycles. The lowest BCUT2D eigenvalue weighted by atomic mass is 10.1. The zero-order valence-corrected chi connectivity index (χ0v) is 21.5. The Morgan fingerprint density at radius 3 is 2.28 bits per heavy atom. The van der Waals surface area contributed by atoms with E-state index in [2.05, 4.69) is 38.8 Å². The molecule has 0 radical (unpaired) electrons. The van der Waals surface area contributed by atoms with Gasteiger partial charge in [-0.3, -0.25) is 4.79 Å². The van der Waals surface area contributed by atoms with Gasteiger partial charge in [-0.05, 0) is 76.8 Å². The summed E-state index contributed by atoms with van der Waals surface area (Å²) in [6.07, 6.45) is 3.01. The average Bonchev–Trinajstić information content (AvgIpc) is 2.78. The summed E-state index contributed by atoms with van der Waals surface area (Å²) in [5.74, 6) is -0.251. The molecule has 0 heterocycles. The Hall–Kier alpha value is -2.16. The van der Waals surface area contributed by atoms with E-state index in [1.54, 1.807) is 48.5 Å². The third kappa shape index (κ3) is 5.99. The molecule has 0 saturated heterocycles. The SMILES string of the molecule is CCCCc1ccc(N(C(=O)COc2ccc(Br)cc2Br)S(=O)(=O)c2ccccc2)cc1. The number of sulfonamides is 1. The van der Waals surface area contributed by atoms with Crippen LogP contribution in [-0.4, -0.2) is 20.9 Å². The van der Waals surface area contributed by atoms with Crippen LogP contribution in [0.3, 0.4) is 0 Å². The zero-order chi connectivity index (χ0) is 23.1. The number of halogens is 2. The van der Waals surface area contributed by atoms with Crippen LogP contribution in [-0.2, 0) is 21.2 Å². The average molecular weight is 581 g/mol. The van der Waals surface area contributed by atoms with Gasteiger partial charge in [0.1, 0.15) is 5.75 Å². The number of anilines is 1. The number of aryl methyl sites for hydroxylation is 1. The number of carbonyl (C=O) groups is 1. The molecule has 0 bridgehead atoms. The van der Waals surface area contributed by atoms with Gasteiger partial charge in [0.15, 0.2) is 6.61 Å². The van der Waals surface area contributed by atoms with E-state index in [-0.39, 0.29) is 10.6 Å². The second kappa shape index (κ2) is 11.1. The summed E-state index contributed by atoms with van der Waals surface area (Å²) in [6.45, 7) is 1.68. The molecule has 0 aliphatic heterocycles. The number of hydrogen-bond acceptors (Lipinski definition) is 4. The highest BCUT2D eigenvalue weighted by Gasteiger charge is 2.31. The molecular weight excluding hydrogens is 558 g/mol. The second-order valence-electron chi connectivity index (χ2n) is 7.11. The number of carbonyl (C=O) groups excluding carboxylic acids is 1. The fraction of sp³-hybridized carbons (Fsp3) is 0.208. The topological polar surface area (TPSA) is 63.7 Å². The smallest absolute Gasteiger partial charge is 0.278 e. The van der Waals surface area contributed by atoms with Crippen molar-refractivity contribution in [3.8, 4) is 5.75 Å². The van der Waals surface area contributed by atoms with Gasteiger partial charge in [0, 0.05) is 4.47 Å². The highest BCUT2D eigenvalue weighted by atomic mass is 79.9. The molecule has 1 amide bonds. The van der Waals surface area contributed by atoms with E-state index in [9.17, 15) is 13.2 Å². The van der Waals surface area contributed by atoms with E-state index in [1.165, 1.54) is 12.1 Å². The number of rotatable bonds is 9. The number of ether oxygens (including phenoxy) is 1. The first kappa shape index (κ1) is 24.5. The molecule has 32 heavy (non-hydrogen) atoms. The number of hydrogen-bond donors (Lipinski definition) is 0. The van der Waals surface area contributed by atoms with Crippen molar-refractivity contribution >= 4 is 53.5 Å². The molecule has 0 aliphatic rings. The van der Waals surface area contributed by atoms with Gasteiger partial charge >= 0.3 is 0 Å². The first-order valence-electron chi connectivity index (χ1n) is 10.1. The summed E-state index contributed by atoms with van der Waals surface area (Å²) in [5.41, 5.74) is 1.37. The van der Waals surface area contributed by atoms with Crippen molar-refractivity contribution in [2.45, 2.75) is 31.1 Å². The monoisotopic (exact) mass is 579 g/mol. The van der Waals surface area contributed by atoms with Gasteiger partial charge in [0.25, 0.3) is 15.9 Å². The first-order valence-corrected chi connectivity index (χ1v) is 13.2. The third-order valence-corrected chi connectivity index (χ3v) is 7.62. The fourth-order valence-electron chi connectivity index (χ4n) is 3.08. The van der Waals surface area contributed by atoms with E-state index in [1.807, 2.05) is 12.1 Å². The fourth-order valence-corrected chi connectivity index (χ4v) is 5.68. The third-order valence-electron chi connectivity index (χ3n) is 4.74. The lowest BCUT2D eigenvalue weighted by Gasteiger charge is -2.23. The molecule has 3 aromatic rings. The summed E-state index contributed by atoms with van der Waals surface area (Å²) in [4.78, 5) is 13.2. The van der Waals surface area contributed by atoms with Crippen molar-refractivity contribution in [2.75, 3.05) is 10.9 Å². The van der Waals surface area contributed by atoms with Crippen LogP contribution in [0, 0.1) is 0 Å². The van der Waals surface area contributed by atoms with Crippen LogP contribution in [0.1, 0.15) is 25.3 Å². The number of nitrogens with zero attached hydrogens (tertiary/aromatic N) is 1. The highest BCUT2D eigenvalue weighted by Crippen LogP contribution is 2.29. The number of amides is 1. The lowest BCUT2D eigenvalue weighted by molar-refractivity contribution is -0.119. The van der Waals surface area contributed by atoms with E-state index < -0.39 is 22.5 Å². The molecule has 0 N–H and O–H groups in total. The lowest BCUT2D eigenvalue weighted by Crippen LogP contribution is -2.40. The first-order chi connectivity index (χ1) is 15.3. The Labute approximate surface area is 205 Å². The number of benzene rings is 3. The van der Waals surface area contributed by atoms with Crippen molar-refractivity contribution in [1.82, 2.24) is 0 Å². The standard InChI is InChI=1S/C24H23Br2NO4S/c1-2-3-7-18-10-13-20(14-11-18)27(32(29,30)21-8-5-4-6-9-21)24(28)17-31-23-15-12-19(25)16-22(23)26/h4-6,8-16H,2-3,7,17H2,1H3. The predicted octanol–water partition coefficient (Wildman–Crippen LogP) is 6.36. The zero-order valence-electron chi connectivity index (χ0n) is 17.5. The summed E-state index contributed by atoms with van der Waals surface area (Å²) < 4.78 is 34.7. The molecule has 168 valence electrons. The van der Waals surface area contributed by atoms with E-state index >= 15 is 0 Å². The van der Waals surface area contributed by atoms with E-state index in [4.69, 9.17) is 4.74 Å². The second-order valence-corrected chi connectivity index (χ2v) is 10.7. The van der Waals surface area contributed by atoms with Gasteiger partial charge in [-0.25, -0.2) is 8.42 Å². The van der Waals surface area contributed by atoms with Crippen molar-refractivity contribution in [3.63, 3.8) is 0 Å². The molecule has 0 saturated carbocycles. The van der Waals surface area contributed by atoms with Crippen LogP contribution >= 0.6 is 31.9 Å². The molecule has 0 spiro atoms. The molecule has 3 aromatic carbocycles. The van der Waals surface area contributed by atoms with Crippen LogP contribution in [0.15, 0.2) is 86.6 Å². The normalized spacial score (nSPS) is 11.2.